The highest BCUT2D eigenvalue weighted by Gasteiger charge is 2.21. The van der Waals surface area contributed by atoms with E-state index in [4.69, 9.17) is 9.47 Å². The molecule has 1 atom stereocenters. The van der Waals surface area contributed by atoms with Gasteiger partial charge in [-0.05, 0) is 24.6 Å². The van der Waals surface area contributed by atoms with E-state index in [1.54, 1.807) is 14.2 Å². The summed E-state index contributed by atoms with van der Waals surface area (Å²) >= 11 is 0. The second-order valence-corrected chi connectivity index (χ2v) is 7.09. The zero-order valence-electron chi connectivity index (χ0n) is 18.7. The number of hydrogen-bond acceptors (Lipinski definition) is 6. The van der Waals surface area contributed by atoms with Crippen LogP contribution in [-0.4, -0.2) is 100.0 Å². The van der Waals surface area contributed by atoms with Crippen LogP contribution in [0.1, 0.15) is 18.6 Å². The van der Waals surface area contributed by atoms with Gasteiger partial charge in [-0.2, -0.15) is 0 Å². The van der Waals surface area contributed by atoms with Crippen molar-refractivity contribution in [3.05, 3.63) is 29.8 Å². The van der Waals surface area contributed by atoms with Crippen molar-refractivity contribution in [2.45, 2.75) is 13.0 Å². The number of methoxy groups -OCH3 is 2. The third-order valence-corrected chi connectivity index (χ3v) is 4.89. The standard InChI is InChI=1S/C21H35N5O4.HI/c1-4-22-21(24-15-19(27)17-6-5-7-18(14-17)30-3)26-11-9-25(10-12-26)16-20(28)23-8-13-29-2;/h5-7,14,19,27H,4,8-13,15-16H2,1-3H3,(H,22,24)(H,23,28);1H. The average molecular weight is 549 g/mol. The number of aliphatic hydroxyl groups excluding tert-OH is 1. The number of amides is 1. The number of benzene rings is 1. The highest BCUT2D eigenvalue weighted by atomic mass is 127. The number of aliphatic imine (C=N–C) groups is 1. The molecule has 9 nitrogen and oxygen atoms in total. The van der Waals surface area contributed by atoms with Crippen LogP contribution in [0.15, 0.2) is 29.3 Å². The summed E-state index contributed by atoms with van der Waals surface area (Å²) in [5.74, 6) is 1.51. The monoisotopic (exact) mass is 549 g/mol. The first-order valence-electron chi connectivity index (χ1n) is 10.4. The van der Waals surface area contributed by atoms with Crippen molar-refractivity contribution in [2.24, 2.45) is 4.99 Å². The van der Waals surface area contributed by atoms with Gasteiger partial charge in [0.2, 0.25) is 5.91 Å². The van der Waals surface area contributed by atoms with Crippen LogP contribution < -0.4 is 15.4 Å². The van der Waals surface area contributed by atoms with Crippen molar-refractivity contribution in [3.8, 4) is 5.75 Å². The lowest BCUT2D eigenvalue weighted by molar-refractivity contribution is -0.122. The predicted octanol–water partition coefficient (Wildman–Crippen LogP) is 0.692. The molecule has 1 amide bonds. The smallest absolute Gasteiger partial charge is 0.234 e. The Morgan fingerprint density at radius 2 is 1.97 bits per heavy atom. The van der Waals surface area contributed by atoms with Gasteiger partial charge in [0.05, 0.1) is 32.9 Å². The molecule has 1 fully saturated rings. The molecule has 1 saturated heterocycles. The Morgan fingerprint density at radius 3 is 2.61 bits per heavy atom. The molecule has 10 heteroatoms. The average Bonchev–Trinajstić information content (AvgIpc) is 2.77. The van der Waals surface area contributed by atoms with E-state index in [9.17, 15) is 9.90 Å². The van der Waals surface area contributed by atoms with Gasteiger partial charge in [0.15, 0.2) is 5.96 Å². The van der Waals surface area contributed by atoms with Gasteiger partial charge in [-0.3, -0.25) is 14.7 Å². The first-order valence-corrected chi connectivity index (χ1v) is 10.4. The summed E-state index contributed by atoms with van der Waals surface area (Å²) in [7, 11) is 3.22. The third kappa shape index (κ3) is 9.58. The van der Waals surface area contributed by atoms with Crippen molar-refractivity contribution < 1.29 is 19.4 Å². The molecule has 31 heavy (non-hydrogen) atoms. The van der Waals surface area contributed by atoms with Crippen LogP contribution in [0.2, 0.25) is 0 Å². The molecule has 0 spiro atoms. The maximum absolute atomic E-state index is 12.0. The highest BCUT2D eigenvalue weighted by Crippen LogP contribution is 2.19. The fourth-order valence-electron chi connectivity index (χ4n) is 3.22. The minimum Gasteiger partial charge on any atom is -0.497 e. The maximum Gasteiger partial charge on any atom is 0.234 e. The second-order valence-electron chi connectivity index (χ2n) is 7.09. The van der Waals surface area contributed by atoms with E-state index in [1.807, 2.05) is 31.2 Å². The largest absolute Gasteiger partial charge is 0.497 e. The molecule has 1 heterocycles. The van der Waals surface area contributed by atoms with Gasteiger partial charge in [-0.15, -0.1) is 24.0 Å². The summed E-state index contributed by atoms with van der Waals surface area (Å²) in [6.07, 6.45) is -0.703. The summed E-state index contributed by atoms with van der Waals surface area (Å²) < 4.78 is 10.2. The number of aliphatic hydroxyl groups is 1. The minimum absolute atomic E-state index is 0. The van der Waals surface area contributed by atoms with E-state index >= 15 is 0 Å². The Hall–Kier alpha value is -1.63. The molecule has 176 valence electrons. The van der Waals surface area contributed by atoms with Crippen molar-refractivity contribution in [2.75, 3.05) is 73.2 Å². The molecule has 1 aliphatic heterocycles. The Kier molecular flexibility index (Phi) is 13.5. The number of piperazine rings is 1. The Bertz CT molecular complexity index is 683. The summed E-state index contributed by atoms with van der Waals surface area (Å²) in [6, 6.07) is 7.40. The quantitative estimate of drug-likeness (QED) is 0.171. The van der Waals surface area contributed by atoms with Gasteiger partial charge in [0.1, 0.15) is 5.75 Å². The fraction of sp³-hybridized carbons (Fsp3) is 0.619. The Labute approximate surface area is 202 Å². The number of nitrogens with one attached hydrogen (secondary N) is 2. The van der Waals surface area contributed by atoms with Crippen LogP contribution in [0.3, 0.4) is 0 Å². The lowest BCUT2D eigenvalue weighted by Gasteiger charge is -2.36. The lowest BCUT2D eigenvalue weighted by atomic mass is 10.1. The fourth-order valence-corrected chi connectivity index (χ4v) is 3.22. The zero-order chi connectivity index (χ0) is 21.8. The van der Waals surface area contributed by atoms with Gasteiger partial charge in [-0.25, -0.2) is 0 Å². The van der Waals surface area contributed by atoms with E-state index in [-0.39, 0.29) is 36.4 Å². The summed E-state index contributed by atoms with van der Waals surface area (Å²) in [4.78, 5) is 20.9. The van der Waals surface area contributed by atoms with Gasteiger partial charge in [0, 0.05) is 46.4 Å². The molecule has 1 aromatic rings. The van der Waals surface area contributed by atoms with Gasteiger partial charge in [0.25, 0.3) is 0 Å². The van der Waals surface area contributed by atoms with Gasteiger partial charge < -0.3 is 30.1 Å². The number of carbonyl (C=O) groups excluding carboxylic acids is 1. The van der Waals surface area contributed by atoms with Crippen molar-refractivity contribution in [1.29, 1.82) is 0 Å². The molecule has 0 saturated carbocycles. The Balaban J connectivity index is 0.00000480. The molecule has 0 aromatic heterocycles. The Morgan fingerprint density at radius 1 is 1.23 bits per heavy atom. The van der Waals surface area contributed by atoms with Crippen LogP contribution in [0, 0.1) is 0 Å². The molecular weight excluding hydrogens is 513 g/mol. The number of carbonyl (C=O) groups is 1. The van der Waals surface area contributed by atoms with Gasteiger partial charge >= 0.3 is 0 Å². The number of hydrogen-bond donors (Lipinski definition) is 3. The maximum atomic E-state index is 12.0. The first kappa shape index (κ1) is 27.4. The number of nitrogens with zero attached hydrogens (tertiary/aromatic N) is 3. The summed E-state index contributed by atoms with van der Waals surface area (Å²) in [5.41, 5.74) is 0.776. The van der Waals surface area contributed by atoms with Crippen LogP contribution in [0.5, 0.6) is 5.75 Å². The zero-order valence-corrected chi connectivity index (χ0v) is 21.0. The molecule has 0 bridgehead atoms. The van der Waals surface area contributed by atoms with E-state index in [2.05, 4.69) is 25.4 Å². The van der Waals surface area contributed by atoms with Crippen LogP contribution >= 0.6 is 24.0 Å². The van der Waals surface area contributed by atoms with Crippen LogP contribution in [-0.2, 0) is 9.53 Å². The summed E-state index contributed by atoms with van der Waals surface area (Å²) in [6.45, 7) is 7.56. The topological polar surface area (TPSA) is 98.7 Å². The number of halogens is 1. The molecule has 0 radical (unpaired) electrons. The van der Waals surface area contributed by atoms with E-state index in [0.717, 1.165) is 44.2 Å². The van der Waals surface area contributed by atoms with Crippen molar-refractivity contribution in [1.82, 2.24) is 20.4 Å². The molecule has 1 aliphatic rings. The second kappa shape index (κ2) is 15.2. The molecule has 2 rings (SSSR count). The van der Waals surface area contributed by atoms with Crippen molar-refractivity contribution >= 4 is 35.8 Å². The predicted molar refractivity (Wildman–Crippen MR) is 132 cm³/mol. The molecule has 1 aromatic carbocycles. The summed E-state index contributed by atoms with van der Waals surface area (Å²) in [5, 5.41) is 16.7. The SMILES string of the molecule is CCNC(=NCC(O)c1cccc(OC)c1)N1CCN(CC(=O)NCCOC)CC1.I. The van der Waals surface area contributed by atoms with Crippen molar-refractivity contribution in [3.63, 3.8) is 0 Å². The minimum atomic E-state index is -0.703. The molecular formula is C21H36IN5O4. The first-order chi connectivity index (χ1) is 14.6. The van der Waals surface area contributed by atoms with E-state index in [0.29, 0.717) is 25.4 Å². The number of guanidine groups is 1. The van der Waals surface area contributed by atoms with Crippen LogP contribution in [0.25, 0.3) is 0 Å². The van der Waals surface area contributed by atoms with Crippen LogP contribution in [0.4, 0.5) is 0 Å². The normalized spacial score (nSPS) is 15.7. The van der Waals surface area contributed by atoms with Gasteiger partial charge in [-0.1, -0.05) is 12.1 Å². The number of rotatable bonds is 10. The molecule has 3 N–H and O–H groups in total. The lowest BCUT2D eigenvalue weighted by Crippen LogP contribution is -2.54. The van der Waals surface area contributed by atoms with E-state index < -0.39 is 6.10 Å². The van der Waals surface area contributed by atoms with E-state index in [1.165, 1.54) is 0 Å². The number of ether oxygens (including phenoxy) is 2. The molecule has 1 unspecified atom stereocenters. The molecule has 0 aliphatic carbocycles. The highest BCUT2D eigenvalue weighted by molar-refractivity contribution is 14.0. The third-order valence-electron chi connectivity index (χ3n) is 4.89.